The van der Waals surface area contributed by atoms with Crippen molar-refractivity contribution in [3.8, 4) is 0 Å². The first kappa shape index (κ1) is 13.7. The molecule has 0 bridgehead atoms. The number of pyridine rings is 1. The summed E-state index contributed by atoms with van der Waals surface area (Å²) < 4.78 is 0. The largest absolute Gasteiger partial charge is 0.398 e. The second kappa shape index (κ2) is 5.47. The zero-order chi connectivity index (χ0) is 14.0. The lowest BCUT2D eigenvalue weighted by atomic mass is 10.1. The summed E-state index contributed by atoms with van der Waals surface area (Å²) in [5, 5.41) is 1.04. The minimum atomic E-state index is 0.441. The van der Waals surface area contributed by atoms with Gasteiger partial charge in [0.05, 0.1) is 11.2 Å². The van der Waals surface area contributed by atoms with Crippen LogP contribution in [0.3, 0.4) is 0 Å². The van der Waals surface area contributed by atoms with Gasteiger partial charge in [-0.25, -0.2) is 0 Å². The smallest absolute Gasteiger partial charge is 0.0956 e. The third-order valence-corrected chi connectivity index (χ3v) is 3.28. The molecule has 0 spiro atoms. The van der Waals surface area contributed by atoms with Crippen LogP contribution in [0.5, 0.6) is 0 Å². The first-order chi connectivity index (χ1) is 9.00. The summed E-state index contributed by atoms with van der Waals surface area (Å²) in [6.07, 6.45) is 1.83. The van der Waals surface area contributed by atoms with Gasteiger partial charge in [0.25, 0.3) is 0 Å². The number of hydrogen-bond donors (Lipinski definition) is 1. The van der Waals surface area contributed by atoms with Gasteiger partial charge in [0, 0.05) is 29.9 Å². The highest BCUT2D eigenvalue weighted by Gasteiger charge is 2.16. The molecule has 1 heterocycles. The Morgan fingerprint density at radius 1 is 1.16 bits per heavy atom. The van der Waals surface area contributed by atoms with Crippen LogP contribution >= 0.6 is 0 Å². The zero-order valence-electron chi connectivity index (χ0n) is 12.2. The Balaban J connectivity index is 2.57. The van der Waals surface area contributed by atoms with Crippen molar-refractivity contribution in [3.63, 3.8) is 0 Å². The summed E-state index contributed by atoms with van der Waals surface area (Å²) in [5.41, 5.74) is 9.01. The molecule has 0 atom stereocenters. The molecular weight excluding hydrogens is 234 g/mol. The molecule has 0 saturated heterocycles. The predicted octanol–water partition coefficient (Wildman–Crippen LogP) is 3.69. The van der Waals surface area contributed by atoms with Crippen molar-refractivity contribution in [1.82, 2.24) is 4.98 Å². The quantitative estimate of drug-likeness (QED) is 0.849. The molecule has 0 aliphatic carbocycles. The summed E-state index contributed by atoms with van der Waals surface area (Å²) in [5.74, 6) is 0.610. The van der Waals surface area contributed by atoms with E-state index < -0.39 is 0 Å². The Morgan fingerprint density at radius 2 is 1.89 bits per heavy atom. The lowest BCUT2D eigenvalue weighted by Gasteiger charge is -2.31. The fourth-order valence-electron chi connectivity index (χ4n) is 2.39. The summed E-state index contributed by atoms with van der Waals surface area (Å²) in [7, 11) is 0. The van der Waals surface area contributed by atoms with Gasteiger partial charge < -0.3 is 10.6 Å². The van der Waals surface area contributed by atoms with Gasteiger partial charge in [0.15, 0.2) is 0 Å². The van der Waals surface area contributed by atoms with E-state index in [0.29, 0.717) is 12.0 Å². The molecule has 0 radical (unpaired) electrons. The number of nitrogens with zero attached hydrogens (tertiary/aromatic N) is 2. The zero-order valence-corrected chi connectivity index (χ0v) is 12.2. The normalized spacial score (nSPS) is 11.5. The maximum Gasteiger partial charge on any atom is 0.0956 e. The average molecular weight is 257 g/mol. The van der Waals surface area contributed by atoms with Crippen LogP contribution in [0.4, 0.5) is 11.4 Å². The monoisotopic (exact) mass is 257 g/mol. The molecule has 3 heteroatoms. The number of fused-ring (bicyclic) bond motifs is 1. The van der Waals surface area contributed by atoms with Crippen LogP contribution in [0, 0.1) is 5.92 Å². The van der Waals surface area contributed by atoms with Crippen LogP contribution in [0.2, 0.25) is 0 Å². The minimum absolute atomic E-state index is 0.441. The van der Waals surface area contributed by atoms with E-state index in [1.165, 1.54) is 5.69 Å². The van der Waals surface area contributed by atoms with E-state index in [1.807, 2.05) is 24.4 Å². The summed E-state index contributed by atoms with van der Waals surface area (Å²) in [6, 6.07) is 8.48. The van der Waals surface area contributed by atoms with E-state index in [2.05, 4.69) is 43.6 Å². The molecule has 1 aromatic heterocycles. The molecule has 0 saturated carbocycles. The van der Waals surface area contributed by atoms with Crippen LogP contribution < -0.4 is 10.6 Å². The van der Waals surface area contributed by atoms with Crippen molar-refractivity contribution in [1.29, 1.82) is 0 Å². The van der Waals surface area contributed by atoms with Gasteiger partial charge in [0.2, 0.25) is 0 Å². The van der Waals surface area contributed by atoms with E-state index in [4.69, 9.17) is 5.73 Å². The molecule has 0 amide bonds. The van der Waals surface area contributed by atoms with Gasteiger partial charge in [-0.1, -0.05) is 13.8 Å². The molecule has 0 fully saturated rings. The van der Waals surface area contributed by atoms with Crippen molar-refractivity contribution in [2.24, 2.45) is 5.92 Å². The SMILES string of the molecule is CC(C)CN(c1ccc(N)c2cccnc12)C(C)C. The summed E-state index contributed by atoms with van der Waals surface area (Å²) >= 11 is 0. The third-order valence-electron chi connectivity index (χ3n) is 3.28. The molecule has 2 aromatic rings. The Labute approximate surface area is 115 Å². The topological polar surface area (TPSA) is 42.1 Å². The van der Waals surface area contributed by atoms with Crippen molar-refractivity contribution >= 4 is 22.3 Å². The molecule has 2 rings (SSSR count). The van der Waals surface area contributed by atoms with Gasteiger partial charge in [-0.2, -0.15) is 0 Å². The molecule has 1 aromatic carbocycles. The number of rotatable bonds is 4. The molecule has 3 nitrogen and oxygen atoms in total. The number of nitrogen functional groups attached to an aromatic ring is 1. The molecule has 0 aliphatic heterocycles. The second-order valence-electron chi connectivity index (χ2n) is 5.71. The Hall–Kier alpha value is -1.77. The summed E-state index contributed by atoms with van der Waals surface area (Å²) in [4.78, 5) is 6.93. The van der Waals surface area contributed by atoms with Crippen LogP contribution in [-0.4, -0.2) is 17.6 Å². The first-order valence-corrected chi connectivity index (χ1v) is 6.90. The van der Waals surface area contributed by atoms with Gasteiger partial charge >= 0.3 is 0 Å². The summed E-state index contributed by atoms with van der Waals surface area (Å²) in [6.45, 7) is 9.93. The first-order valence-electron chi connectivity index (χ1n) is 6.90. The van der Waals surface area contributed by atoms with Crippen LogP contribution in [0.15, 0.2) is 30.5 Å². The maximum atomic E-state index is 6.04. The number of anilines is 2. The number of aromatic nitrogens is 1. The molecule has 0 unspecified atom stereocenters. The third kappa shape index (κ3) is 2.80. The highest BCUT2D eigenvalue weighted by atomic mass is 15.2. The highest BCUT2D eigenvalue weighted by Crippen LogP contribution is 2.30. The maximum absolute atomic E-state index is 6.04. The fraction of sp³-hybridized carbons (Fsp3) is 0.438. The Bertz CT molecular complexity index is 561. The minimum Gasteiger partial charge on any atom is -0.398 e. The second-order valence-corrected chi connectivity index (χ2v) is 5.71. The lowest BCUT2D eigenvalue weighted by Crippen LogP contribution is -2.34. The van der Waals surface area contributed by atoms with E-state index in [9.17, 15) is 0 Å². The number of nitrogens with two attached hydrogens (primary N) is 1. The molecule has 102 valence electrons. The molecule has 0 aliphatic rings. The fourth-order valence-corrected chi connectivity index (χ4v) is 2.39. The van der Waals surface area contributed by atoms with Crippen molar-refractivity contribution in [2.75, 3.05) is 17.2 Å². The Morgan fingerprint density at radius 3 is 2.53 bits per heavy atom. The van der Waals surface area contributed by atoms with Crippen LogP contribution in [-0.2, 0) is 0 Å². The van der Waals surface area contributed by atoms with Crippen molar-refractivity contribution in [3.05, 3.63) is 30.5 Å². The van der Waals surface area contributed by atoms with Gasteiger partial charge in [-0.05, 0) is 44.0 Å². The molecular formula is C16H23N3. The van der Waals surface area contributed by atoms with Crippen molar-refractivity contribution in [2.45, 2.75) is 33.7 Å². The van der Waals surface area contributed by atoms with Gasteiger partial charge in [-0.3, -0.25) is 4.98 Å². The van der Waals surface area contributed by atoms with Gasteiger partial charge in [0.1, 0.15) is 0 Å². The Kier molecular flexibility index (Phi) is 3.93. The average Bonchev–Trinajstić information content (AvgIpc) is 2.37. The van der Waals surface area contributed by atoms with Crippen LogP contribution in [0.25, 0.3) is 10.9 Å². The molecule has 19 heavy (non-hydrogen) atoms. The van der Waals surface area contributed by atoms with Crippen LogP contribution in [0.1, 0.15) is 27.7 Å². The van der Waals surface area contributed by atoms with E-state index in [0.717, 1.165) is 23.1 Å². The van der Waals surface area contributed by atoms with E-state index in [-0.39, 0.29) is 0 Å². The van der Waals surface area contributed by atoms with E-state index in [1.54, 1.807) is 0 Å². The van der Waals surface area contributed by atoms with Crippen molar-refractivity contribution < 1.29 is 0 Å². The van der Waals surface area contributed by atoms with Gasteiger partial charge in [-0.15, -0.1) is 0 Å². The highest BCUT2D eigenvalue weighted by molar-refractivity contribution is 5.98. The number of hydrogen-bond acceptors (Lipinski definition) is 3. The standard InChI is InChI=1S/C16H23N3/c1-11(2)10-19(12(3)4)15-8-7-14(17)13-6-5-9-18-16(13)15/h5-9,11-12H,10,17H2,1-4H3. The molecule has 2 N–H and O–H groups in total. The lowest BCUT2D eigenvalue weighted by molar-refractivity contribution is 0.572. The predicted molar refractivity (Wildman–Crippen MR) is 83.5 cm³/mol. The number of benzene rings is 1. The van der Waals surface area contributed by atoms with E-state index >= 15 is 0 Å².